The number of hydrogen-bond acceptors (Lipinski definition) is 4. The third-order valence-electron chi connectivity index (χ3n) is 2.87. The van der Waals surface area contributed by atoms with Crippen molar-refractivity contribution in [2.75, 3.05) is 0 Å². The smallest absolute Gasteiger partial charge is 0.326 e. The highest BCUT2D eigenvalue weighted by Gasteiger charge is 2.21. The molecule has 0 bridgehead atoms. The molecular weight excluding hydrogens is 262 g/mol. The van der Waals surface area contributed by atoms with Gasteiger partial charge in [0.15, 0.2) is 0 Å². The molecule has 2 aromatic rings. The van der Waals surface area contributed by atoms with E-state index in [0.29, 0.717) is 16.8 Å². The minimum absolute atomic E-state index is 0.107. The zero-order valence-electron chi connectivity index (χ0n) is 10.7. The van der Waals surface area contributed by atoms with Gasteiger partial charge >= 0.3 is 6.03 Å². The van der Waals surface area contributed by atoms with E-state index in [1.54, 1.807) is 19.1 Å². The number of urea groups is 1. The van der Waals surface area contributed by atoms with E-state index in [1.165, 1.54) is 12.1 Å². The Morgan fingerprint density at radius 2 is 1.95 bits per heavy atom. The Morgan fingerprint density at radius 3 is 2.45 bits per heavy atom. The van der Waals surface area contributed by atoms with Gasteiger partial charge in [0.05, 0.1) is 11.6 Å². The van der Waals surface area contributed by atoms with E-state index in [4.69, 9.17) is 5.73 Å². The van der Waals surface area contributed by atoms with Crippen molar-refractivity contribution < 1.29 is 9.90 Å². The number of phenols is 1. The maximum atomic E-state index is 11.8. The molecule has 2 rings (SSSR count). The van der Waals surface area contributed by atoms with E-state index in [-0.39, 0.29) is 11.3 Å². The molecular formula is C12H15N5O3. The van der Waals surface area contributed by atoms with E-state index in [0.717, 1.165) is 0 Å². The zero-order valence-corrected chi connectivity index (χ0v) is 10.7. The van der Waals surface area contributed by atoms with Gasteiger partial charge in [0.25, 0.3) is 5.56 Å². The van der Waals surface area contributed by atoms with Crippen molar-refractivity contribution in [2.24, 2.45) is 5.73 Å². The quantitative estimate of drug-likeness (QED) is 0.437. The molecule has 0 spiro atoms. The van der Waals surface area contributed by atoms with E-state index in [2.05, 4.69) is 21.0 Å². The number of benzene rings is 1. The molecule has 0 fully saturated rings. The monoisotopic (exact) mass is 277 g/mol. The predicted octanol–water partition coefficient (Wildman–Crippen LogP) is -0.0207. The summed E-state index contributed by atoms with van der Waals surface area (Å²) >= 11 is 0. The number of hydrogen-bond donors (Lipinski definition) is 6. The lowest BCUT2D eigenvalue weighted by Crippen LogP contribution is -2.44. The van der Waals surface area contributed by atoms with Crippen molar-refractivity contribution in [1.82, 2.24) is 21.0 Å². The Bertz CT molecular complexity index is 658. The average molecular weight is 277 g/mol. The highest BCUT2D eigenvalue weighted by atomic mass is 16.3. The van der Waals surface area contributed by atoms with Crippen molar-refractivity contribution in [3.05, 3.63) is 51.4 Å². The first-order valence-corrected chi connectivity index (χ1v) is 5.86. The zero-order chi connectivity index (χ0) is 14.7. The fraction of sp³-hybridized carbons (Fsp3) is 0.167. The van der Waals surface area contributed by atoms with Gasteiger partial charge in [0.2, 0.25) is 0 Å². The summed E-state index contributed by atoms with van der Waals surface area (Å²) in [6.45, 7) is 1.73. The molecule has 1 atom stereocenters. The minimum atomic E-state index is -0.765. The van der Waals surface area contributed by atoms with Gasteiger partial charge in [0.1, 0.15) is 5.75 Å². The summed E-state index contributed by atoms with van der Waals surface area (Å²) in [5.74, 6) is 0.107. The molecule has 0 saturated heterocycles. The number of rotatable bonds is 4. The van der Waals surface area contributed by atoms with Crippen LogP contribution < -0.4 is 22.1 Å². The molecule has 0 aliphatic heterocycles. The summed E-state index contributed by atoms with van der Waals surface area (Å²) in [5, 5.41) is 14.5. The predicted molar refractivity (Wildman–Crippen MR) is 72.0 cm³/mol. The molecule has 7 N–H and O–H groups in total. The van der Waals surface area contributed by atoms with Crippen LogP contribution in [0.15, 0.2) is 29.1 Å². The Labute approximate surface area is 114 Å². The van der Waals surface area contributed by atoms with Gasteiger partial charge in [-0.25, -0.2) is 10.2 Å². The number of aromatic nitrogens is 2. The lowest BCUT2D eigenvalue weighted by Gasteiger charge is -2.18. The number of H-pyrrole nitrogens is 2. The summed E-state index contributed by atoms with van der Waals surface area (Å²) < 4.78 is 0. The number of nitrogens with one attached hydrogen (secondary N) is 4. The third-order valence-corrected chi connectivity index (χ3v) is 2.87. The molecule has 8 nitrogen and oxygen atoms in total. The van der Waals surface area contributed by atoms with Crippen molar-refractivity contribution in [3.8, 4) is 5.75 Å². The summed E-state index contributed by atoms with van der Waals surface area (Å²) in [5.41, 5.74) is 11.4. The van der Waals surface area contributed by atoms with Crippen LogP contribution in [-0.4, -0.2) is 21.3 Å². The molecule has 8 heteroatoms. The number of amides is 2. The van der Waals surface area contributed by atoms with Gasteiger partial charge in [-0.1, -0.05) is 12.1 Å². The standard InChI is InChI=1S/C12H15N5O3/c1-6-9(11(19)16-14-6)10(15-17-12(13)20)7-2-4-8(18)5-3-7/h2-5,10,15,18H,1H3,(H3,13,17,20)(H2,14,16,19). The molecule has 20 heavy (non-hydrogen) atoms. The number of hydrazine groups is 1. The van der Waals surface area contributed by atoms with Crippen LogP contribution in [0, 0.1) is 6.92 Å². The molecule has 1 heterocycles. The molecule has 1 aromatic carbocycles. The normalized spacial score (nSPS) is 12.1. The van der Waals surface area contributed by atoms with E-state index < -0.39 is 12.1 Å². The molecule has 106 valence electrons. The second kappa shape index (κ2) is 5.49. The number of aromatic amines is 2. The number of aromatic hydroxyl groups is 1. The van der Waals surface area contributed by atoms with Crippen molar-refractivity contribution in [3.63, 3.8) is 0 Å². The van der Waals surface area contributed by atoms with Gasteiger partial charge in [-0.2, -0.15) is 0 Å². The number of nitrogens with two attached hydrogens (primary N) is 1. The topological polar surface area (TPSA) is 136 Å². The highest BCUT2D eigenvalue weighted by Crippen LogP contribution is 2.22. The Morgan fingerprint density at radius 1 is 1.30 bits per heavy atom. The second-order valence-electron chi connectivity index (χ2n) is 4.28. The van der Waals surface area contributed by atoms with Crippen LogP contribution in [0.4, 0.5) is 4.79 Å². The van der Waals surface area contributed by atoms with E-state index >= 15 is 0 Å². The van der Waals surface area contributed by atoms with Crippen molar-refractivity contribution in [2.45, 2.75) is 13.0 Å². The van der Waals surface area contributed by atoms with Crippen LogP contribution in [0.1, 0.15) is 22.9 Å². The molecule has 0 aliphatic carbocycles. The van der Waals surface area contributed by atoms with Gasteiger partial charge in [-0.3, -0.25) is 15.3 Å². The molecule has 0 saturated carbocycles. The SMILES string of the molecule is Cc1[nH][nH]c(=O)c1C(NNC(N)=O)c1ccc(O)cc1. The van der Waals surface area contributed by atoms with Crippen molar-refractivity contribution in [1.29, 1.82) is 0 Å². The Hall–Kier alpha value is -2.74. The Balaban J connectivity index is 2.41. The first kappa shape index (κ1) is 13.7. The van der Waals surface area contributed by atoms with E-state index in [9.17, 15) is 14.7 Å². The van der Waals surface area contributed by atoms with Crippen LogP contribution in [0.2, 0.25) is 0 Å². The Kier molecular flexibility index (Phi) is 3.76. The maximum absolute atomic E-state index is 11.8. The van der Waals surface area contributed by atoms with Crippen LogP contribution in [0.25, 0.3) is 0 Å². The highest BCUT2D eigenvalue weighted by molar-refractivity contribution is 5.71. The molecule has 1 unspecified atom stereocenters. The third kappa shape index (κ3) is 2.81. The first-order valence-electron chi connectivity index (χ1n) is 5.86. The number of carbonyl (C=O) groups excluding carboxylic acids is 1. The van der Waals surface area contributed by atoms with Crippen molar-refractivity contribution >= 4 is 6.03 Å². The fourth-order valence-electron chi connectivity index (χ4n) is 1.94. The fourth-order valence-corrected chi connectivity index (χ4v) is 1.94. The van der Waals surface area contributed by atoms with Gasteiger partial charge in [-0.05, 0) is 24.6 Å². The number of carbonyl (C=O) groups is 1. The van der Waals surface area contributed by atoms with Crippen LogP contribution in [0.3, 0.4) is 0 Å². The molecule has 0 radical (unpaired) electrons. The summed E-state index contributed by atoms with van der Waals surface area (Å²) in [7, 11) is 0. The van der Waals surface area contributed by atoms with Crippen LogP contribution in [-0.2, 0) is 0 Å². The number of phenolic OH excluding ortho intramolecular Hbond substituents is 1. The maximum Gasteiger partial charge on any atom is 0.326 e. The minimum Gasteiger partial charge on any atom is -0.508 e. The second-order valence-corrected chi connectivity index (χ2v) is 4.28. The molecule has 1 aromatic heterocycles. The van der Waals surface area contributed by atoms with Gasteiger partial charge in [-0.15, -0.1) is 0 Å². The lowest BCUT2D eigenvalue weighted by molar-refractivity contribution is 0.243. The number of primary amides is 1. The van der Waals surface area contributed by atoms with Crippen LogP contribution in [0.5, 0.6) is 5.75 Å². The average Bonchev–Trinajstić information content (AvgIpc) is 2.72. The molecule has 2 amide bonds. The lowest BCUT2D eigenvalue weighted by atomic mass is 10.00. The van der Waals surface area contributed by atoms with E-state index in [1.807, 2.05) is 0 Å². The first-order chi connectivity index (χ1) is 9.49. The van der Waals surface area contributed by atoms with Gasteiger partial charge < -0.3 is 15.9 Å². The summed E-state index contributed by atoms with van der Waals surface area (Å²) in [4.78, 5) is 22.7. The molecule has 0 aliphatic rings. The van der Waals surface area contributed by atoms with Crippen LogP contribution >= 0.6 is 0 Å². The largest absolute Gasteiger partial charge is 0.508 e. The summed E-state index contributed by atoms with van der Waals surface area (Å²) in [6, 6.07) is 4.90. The summed E-state index contributed by atoms with van der Waals surface area (Å²) in [6.07, 6.45) is 0. The number of aryl methyl sites for hydroxylation is 1. The van der Waals surface area contributed by atoms with Gasteiger partial charge in [0, 0.05) is 5.69 Å².